The first-order valence-corrected chi connectivity index (χ1v) is 6.50. The van der Waals surface area contributed by atoms with Crippen LogP contribution in [0, 0.1) is 0 Å². The topological polar surface area (TPSA) is 30.5 Å². The maximum atomic E-state index is 11.8. The summed E-state index contributed by atoms with van der Waals surface area (Å²) in [5.41, 5.74) is 0. The molecular formula is C12H22F3NO2. The number of alkyl halides is 3. The molecule has 1 N–H and O–H groups in total. The van der Waals surface area contributed by atoms with Crippen LogP contribution in [0.15, 0.2) is 0 Å². The molecule has 18 heavy (non-hydrogen) atoms. The van der Waals surface area contributed by atoms with Crippen LogP contribution in [-0.2, 0) is 9.47 Å². The molecule has 1 aliphatic rings. The Morgan fingerprint density at radius 2 is 2.17 bits per heavy atom. The Balaban J connectivity index is 2.04. The van der Waals surface area contributed by atoms with Gasteiger partial charge in [-0.2, -0.15) is 13.2 Å². The zero-order valence-electron chi connectivity index (χ0n) is 10.8. The van der Waals surface area contributed by atoms with Crippen molar-refractivity contribution < 1.29 is 22.6 Å². The molecule has 6 heteroatoms. The lowest BCUT2D eigenvalue weighted by Gasteiger charge is -2.30. The fraction of sp³-hybridized carbons (Fsp3) is 1.00. The van der Waals surface area contributed by atoms with Crippen molar-refractivity contribution in [3.8, 4) is 0 Å². The van der Waals surface area contributed by atoms with E-state index in [4.69, 9.17) is 4.74 Å². The second-order valence-corrected chi connectivity index (χ2v) is 4.62. The van der Waals surface area contributed by atoms with E-state index in [1.54, 1.807) is 0 Å². The van der Waals surface area contributed by atoms with E-state index in [-0.39, 0.29) is 12.7 Å². The molecule has 0 saturated carbocycles. The van der Waals surface area contributed by atoms with E-state index < -0.39 is 12.8 Å². The van der Waals surface area contributed by atoms with Gasteiger partial charge in [0.1, 0.15) is 6.61 Å². The molecule has 0 bridgehead atoms. The smallest absolute Gasteiger partial charge is 0.378 e. The van der Waals surface area contributed by atoms with Gasteiger partial charge in [0.15, 0.2) is 0 Å². The van der Waals surface area contributed by atoms with Crippen LogP contribution in [0.1, 0.15) is 32.6 Å². The lowest BCUT2D eigenvalue weighted by atomic mass is 10.0. The summed E-state index contributed by atoms with van der Waals surface area (Å²) in [6, 6.07) is 0.338. The lowest BCUT2D eigenvalue weighted by molar-refractivity contribution is -0.173. The highest BCUT2D eigenvalue weighted by Crippen LogP contribution is 2.17. The maximum Gasteiger partial charge on any atom is 0.411 e. The van der Waals surface area contributed by atoms with Crippen molar-refractivity contribution in [3.63, 3.8) is 0 Å². The molecule has 0 radical (unpaired) electrons. The molecular weight excluding hydrogens is 247 g/mol. The van der Waals surface area contributed by atoms with E-state index in [0.29, 0.717) is 12.6 Å². The van der Waals surface area contributed by atoms with Crippen molar-refractivity contribution in [2.75, 3.05) is 26.4 Å². The minimum absolute atomic E-state index is 0.0926. The minimum Gasteiger partial charge on any atom is -0.378 e. The molecule has 2 atom stereocenters. The zero-order chi connectivity index (χ0) is 13.4. The van der Waals surface area contributed by atoms with Crippen molar-refractivity contribution in [1.82, 2.24) is 5.32 Å². The molecule has 3 nitrogen and oxygen atoms in total. The third-order valence-corrected chi connectivity index (χ3v) is 2.92. The third kappa shape index (κ3) is 7.18. The second kappa shape index (κ2) is 7.96. The molecule has 1 aliphatic heterocycles. The zero-order valence-corrected chi connectivity index (χ0v) is 10.8. The van der Waals surface area contributed by atoms with Gasteiger partial charge in [-0.25, -0.2) is 0 Å². The van der Waals surface area contributed by atoms with Crippen molar-refractivity contribution in [3.05, 3.63) is 0 Å². The number of rotatable bonds is 7. The molecule has 0 aliphatic carbocycles. The maximum absolute atomic E-state index is 11.8. The summed E-state index contributed by atoms with van der Waals surface area (Å²) in [5, 5.41) is 3.22. The summed E-state index contributed by atoms with van der Waals surface area (Å²) < 4.78 is 45.6. The first-order valence-electron chi connectivity index (χ1n) is 6.50. The highest BCUT2D eigenvalue weighted by Gasteiger charge is 2.27. The highest BCUT2D eigenvalue weighted by molar-refractivity contribution is 4.76. The van der Waals surface area contributed by atoms with Crippen molar-refractivity contribution in [2.45, 2.75) is 50.9 Å². The van der Waals surface area contributed by atoms with Crippen LogP contribution in [0.3, 0.4) is 0 Å². The van der Waals surface area contributed by atoms with Gasteiger partial charge in [0.2, 0.25) is 0 Å². The van der Waals surface area contributed by atoms with E-state index >= 15 is 0 Å². The fourth-order valence-corrected chi connectivity index (χ4v) is 2.11. The van der Waals surface area contributed by atoms with Crippen molar-refractivity contribution >= 4 is 0 Å². The van der Waals surface area contributed by atoms with Crippen LogP contribution in [0.2, 0.25) is 0 Å². The van der Waals surface area contributed by atoms with Crippen LogP contribution in [0.25, 0.3) is 0 Å². The molecule has 1 rings (SSSR count). The second-order valence-electron chi connectivity index (χ2n) is 4.62. The van der Waals surface area contributed by atoms with Crippen molar-refractivity contribution in [2.24, 2.45) is 0 Å². The molecule has 0 aromatic heterocycles. The SMILES string of the molecule is CCCC1CC(NCCOCC(F)(F)F)CCO1. The van der Waals surface area contributed by atoms with Crippen LogP contribution in [0.4, 0.5) is 13.2 Å². The number of ether oxygens (including phenoxy) is 2. The third-order valence-electron chi connectivity index (χ3n) is 2.92. The van der Waals surface area contributed by atoms with Gasteiger partial charge in [0.05, 0.1) is 12.7 Å². The summed E-state index contributed by atoms with van der Waals surface area (Å²) in [6.07, 6.45) is 0.0455. The average molecular weight is 269 g/mol. The lowest BCUT2D eigenvalue weighted by Crippen LogP contribution is -2.40. The fourth-order valence-electron chi connectivity index (χ4n) is 2.11. The van der Waals surface area contributed by atoms with Gasteiger partial charge in [-0.05, 0) is 19.3 Å². The van der Waals surface area contributed by atoms with Gasteiger partial charge in [-0.3, -0.25) is 0 Å². The predicted molar refractivity (Wildman–Crippen MR) is 62.5 cm³/mol. The van der Waals surface area contributed by atoms with Crippen LogP contribution < -0.4 is 5.32 Å². The van der Waals surface area contributed by atoms with Gasteiger partial charge in [0, 0.05) is 19.2 Å². The Morgan fingerprint density at radius 3 is 2.83 bits per heavy atom. The first-order chi connectivity index (χ1) is 8.51. The minimum atomic E-state index is -4.23. The Hall–Kier alpha value is -0.330. The summed E-state index contributed by atoms with van der Waals surface area (Å²) in [4.78, 5) is 0. The average Bonchev–Trinajstić information content (AvgIpc) is 2.28. The molecule has 108 valence electrons. The number of nitrogens with one attached hydrogen (secondary N) is 1. The molecule has 2 unspecified atom stereocenters. The number of halogens is 3. The highest BCUT2D eigenvalue weighted by atomic mass is 19.4. The van der Waals surface area contributed by atoms with E-state index in [1.165, 1.54) is 0 Å². The molecule has 0 aromatic carbocycles. The Kier molecular flexibility index (Phi) is 6.96. The van der Waals surface area contributed by atoms with Gasteiger partial charge >= 0.3 is 6.18 Å². The Morgan fingerprint density at radius 1 is 1.39 bits per heavy atom. The monoisotopic (exact) mass is 269 g/mol. The van der Waals surface area contributed by atoms with Crippen LogP contribution in [-0.4, -0.2) is 44.7 Å². The summed E-state index contributed by atoms with van der Waals surface area (Å²) in [5.74, 6) is 0. The molecule has 1 fully saturated rings. The predicted octanol–water partition coefficient (Wildman–Crippen LogP) is 2.50. The molecule has 0 aromatic rings. The van der Waals surface area contributed by atoms with Gasteiger partial charge in [-0.1, -0.05) is 13.3 Å². The van der Waals surface area contributed by atoms with Gasteiger partial charge < -0.3 is 14.8 Å². The van der Waals surface area contributed by atoms with E-state index in [1.807, 2.05) is 0 Å². The normalized spacial score (nSPS) is 25.3. The molecule has 1 saturated heterocycles. The Labute approximate surface area is 106 Å². The first kappa shape index (κ1) is 15.7. The molecule has 0 spiro atoms. The summed E-state index contributed by atoms with van der Waals surface area (Å²) >= 11 is 0. The largest absolute Gasteiger partial charge is 0.411 e. The van der Waals surface area contributed by atoms with E-state index in [0.717, 1.165) is 32.3 Å². The summed E-state index contributed by atoms with van der Waals surface area (Å²) in [7, 11) is 0. The van der Waals surface area contributed by atoms with E-state index in [9.17, 15) is 13.2 Å². The van der Waals surface area contributed by atoms with Crippen LogP contribution >= 0.6 is 0 Å². The standard InChI is InChI=1S/C12H22F3NO2/c1-2-3-11-8-10(4-6-18-11)16-5-7-17-9-12(13,14)15/h10-11,16H,2-9H2,1H3. The van der Waals surface area contributed by atoms with Gasteiger partial charge in [-0.15, -0.1) is 0 Å². The molecule has 1 heterocycles. The quantitative estimate of drug-likeness (QED) is 0.720. The number of hydrogen-bond acceptors (Lipinski definition) is 3. The molecule has 0 amide bonds. The van der Waals surface area contributed by atoms with E-state index in [2.05, 4.69) is 17.0 Å². The van der Waals surface area contributed by atoms with Gasteiger partial charge in [0.25, 0.3) is 0 Å². The van der Waals surface area contributed by atoms with Crippen molar-refractivity contribution in [1.29, 1.82) is 0 Å². The van der Waals surface area contributed by atoms with Crippen LogP contribution in [0.5, 0.6) is 0 Å². The Bertz CT molecular complexity index is 222. The summed E-state index contributed by atoms with van der Waals surface area (Å²) in [6.45, 7) is 2.23. The number of hydrogen-bond donors (Lipinski definition) is 1.